The molecule has 0 radical (unpaired) electrons. The van der Waals surface area contributed by atoms with Gasteiger partial charge in [0.25, 0.3) is 0 Å². The Morgan fingerprint density at radius 2 is 2.00 bits per heavy atom. The molecule has 0 aromatic carbocycles. The number of pyridine rings is 1. The number of aromatic nitrogens is 1. The van der Waals surface area contributed by atoms with Crippen LogP contribution in [0.5, 0.6) is 0 Å². The van der Waals surface area contributed by atoms with Crippen LogP contribution < -0.4 is 10.2 Å². The predicted octanol–water partition coefficient (Wildman–Crippen LogP) is 3.74. The van der Waals surface area contributed by atoms with Gasteiger partial charge in [0.15, 0.2) is 0 Å². The maximum atomic E-state index is 4.92. The quantitative estimate of drug-likeness (QED) is 0.914. The highest BCUT2D eigenvalue weighted by molar-refractivity contribution is 5.41. The fourth-order valence-corrected chi connectivity index (χ4v) is 3.94. The summed E-state index contributed by atoms with van der Waals surface area (Å²) < 4.78 is 0. The standard InChI is InChI=1S/C18H29N3/c1-14(2)19-13-16-9-5-11-18(20-16)21-12-6-8-15-7-3-4-10-17(15)21/h5,9,11,14-15,17,19H,3-4,6-8,10,12-13H2,1-2H3. The molecule has 3 rings (SSSR count). The molecule has 1 aromatic heterocycles. The molecule has 1 N–H and O–H groups in total. The Morgan fingerprint density at radius 3 is 2.86 bits per heavy atom. The fourth-order valence-electron chi connectivity index (χ4n) is 3.94. The number of fused-ring (bicyclic) bond motifs is 1. The molecule has 1 aromatic rings. The van der Waals surface area contributed by atoms with Crippen molar-refractivity contribution in [2.45, 2.75) is 71.0 Å². The summed E-state index contributed by atoms with van der Waals surface area (Å²) in [6.07, 6.45) is 8.37. The van der Waals surface area contributed by atoms with Gasteiger partial charge in [-0.25, -0.2) is 4.98 Å². The van der Waals surface area contributed by atoms with E-state index in [4.69, 9.17) is 4.98 Å². The Hall–Kier alpha value is -1.09. The van der Waals surface area contributed by atoms with E-state index >= 15 is 0 Å². The molecule has 2 atom stereocenters. The monoisotopic (exact) mass is 287 g/mol. The molecule has 0 amide bonds. The third-order valence-corrected chi connectivity index (χ3v) is 5.02. The molecule has 1 aliphatic heterocycles. The first-order chi connectivity index (χ1) is 10.2. The second kappa shape index (κ2) is 6.78. The number of anilines is 1. The van der Waals surface area contributed by atoms with Crippen LogP contribution in [0, 0.1) is 5.92 Å². The van der Waals surface area contributed by atoms with Crippen molar-refractivity contribution in [3.8, 4) is 0 Å². The summed E-state index contributed by atoms with van der Waals surface area (Å²) >= 11 is 0. The molecule has 3 nitrogen and oxygen atoms in total. The number of nitrogens with one attached hydrogen (secondary N) is 1. The van der Waals surface area contributed by atoms with E-state index in [-0.39, 0.29) is 0 Å². The predicted molar refractivity (Wildman–Crippen MR) is 88.5 cm³/mol. The van der Waals surface area contributed by atoms with Gasteiger partial charge in [0, 0.05) is 25.2 Å². The summed E-state index contributed by atoms with van der Waals surface area (Å²) in [6.45, 7) is 6.42. The average molecular weight is 287 g/mol. The molecule has 1 saturated heterocycles. The van der Waals surface area contributed by atoms with Crippen molar-refractivity contribution in [3.63, 3.8) is 0 Å². The van der Waals surface area contributed by atoms with Gasteiger partial charge in [-0.3, -0.25) is 0 Å². The summed E-state index contributed by atoms with van der Waals surface area (Å²) in [5, 5.41) is 3.47. The second-order valence-corrected chi connectivity index (χ2v) is 6.97. The SMILES string of the molecule is CC(C)NCc1cccc(N2CCCC3CCCCC32)n1. The van der Waals surface area contributed by atoms with Crippen LogP contribution in [0.2, 0.25) is 0 Å². The zero-order valence-corrected chi connectivity index (χ0v) is 13.5. The van der Waals surface area contributed by atoms with Gasteiger partial charge in [0.2, 0.25) is 0 Å². The van der Waals surface area contributed by atoms with Crippen LogP contribution in [0.4, 0.5) is 5.82 Å². The number of hydrogen-bond donors (Lipinski definition) is 1. The van der Waals surface area contributed by atoms with Crippen LogP contribution in [-0.4, -0.2) is 23.6 Å². The highest BCUT2D eigenvalue weighted by atomic mass is 15.2. The highest BCUT2D eigenvalue weighted by Gasteiger charge is 2.33. The van der Waals surface area contributed by atoms with Crippen LogP contribution in [-0.2, 0) is 6.54 Å². The first-order valence-corrected chi connectivity index (χ1v) is 8.70. The summed E-state index contributed by atoms with van der Waals surface area (Å²) in [4.78, 5) is 7.53. The molecule has 1 saturated carbocycles. The third kappa shape index (κ3) is 3.57. The lowest BCUT2D eigenvalue weighted by Gasteiger charge is -2.44. The molecular formula is C18H29N3. The van der Waals surface area contributed by atoms with E-state index in [2.05, 4.69) is 42.3 Å². The van der Waals surface area contributed by atoms with Crippen molar-refractivity contribution in [1.29, 1.82) is 0 Å². The number of hydrogen-bond acceptors (Lipinski definition) is 3. The lowest BCUT2D eigenvalue weighted by molar-refractivity contribution is 0.242. The van der Waals surface area contributed by atoms with Crippen molar-refractivity contribution in [1.82, 2.24) is 10.3 Å². The molecule has 2 unspecified atom stereocenters. The zero-order valence-electron chi connectivity index (χ0n) is 13.5. The van der Waals surface area contributed by atoms with Gasteiger partial charge in [0.1, 0.15) is 5.82 Å². The molecule has 3 heteroatoms. The molecule has 2 fully saturated rings. The van der Waals surface area contributed by atoms with Crippen LogP contribution in [0.3, 0.4) is 0 Å². The lowest BCUT2D eigenvalue weighted by atomic mass is 9.78. The second-order valence-electron chi connectivity index (χ2n) is 6.97. The van der Waals surface area contributed by atoms with Gasteiger partial charge < -0.3 is 10.2 Å². The van der Waals surface area contributed by atoms with Crippen LogP contribution in [0.1, 0.15) is 58.1 Å². The Morgan fingerprint density at radius 1 is 1.19 bits per heavy atom. The fraction of sp³-hybridized carbons (Fsp3) is 0.722. The average Bonchev–Trinajstić information content (AvgIpc) is 2.52. The van der Waals surface area contributed by atoms with Gasteiger partial charge in [-0.1, -0.05) is 32.8 Å². The smallest absolute Gasteiger partial charge is 0.129 e. The molecular weight excluding hydrogens is 258 g/mol. The van der Waals surface area contributed by atoms with Crippen molar-refractivity contribution < 1.29 is 0 Å². The van der Waals surface area contributed by atoms with Crippen LogP contribution >= 0.6 is 0 Å². The van der Waals surface area contributed by atoms with E-state index in [9.17, 15) is 0 Å². The first kappa shape index (κ1) is 14.8. The largest absolute Gasteiger partial charge is 0.353 e. The first-order valence-electron chi connectivity index (χ1n) is 8.70. The Balaban J connectivity index is 1.74. The van der Waals surface area contributed by atoms with E-state index < -0.39 is 0 Å². The van der Waals surface area contributed by atoms with E-state index in [1.165, 1.54) is 56.6 Å². The molecule has 116 valence electrons. The number of rotatable bonds is 4. The van der Waals surface area contributed by atoms with Gasteiger partial charge in [-0.2, -0.15) is 0 Å². The van der Waals surface area contributed by atoms with Crippen LogP contribution in [0.15, 0.2) is 18.2 Å². The Bertz CT molecular complexity index is 456. The van der Waals surface area contributed by atoms with E-state index in [0.717, 1.165) is 18.5 Å². The normalized spacial score (nSPS) is 26.0. The topological polar surface area (TPSA) is 28.2 Å². The molecule has 1 aliphatic carbocycles. The maximum Gasteiger partial charge on any atom is 0.129 e. The minimum absolute atomic E-state index is 0.508. The highest BCUT2D eigenvalue weighted by Crippen LogP contribution is 2.37. The van der Waals surface area contributed by atoms with Crippen LogP contribution in [0.25, 0.3) is 0 Å². The minimum atomic E-state index is 0.508. The van der Waals surface area contributed by atoms with Gasteiger partial charge >= 0.3 is 0 Å². The van der Waals surface area contributed by atoms with E-state index in [1.54, 1.807) is 0 Å². The number of nitrogens with zero attached hydrogens (tertiary/aromatic N) is 2. The van der Waals surface area contributed by atoms with Gasteiger partial charge in [0.05, 0.1) is 5.69 Å². The van der Waals surface area contributed by atoms with E-state index in [0.29, 0.717) is 6.04 Å². The summed E-state index contributed by atoms with van der Waals surface area (Å²) in [5.41, 5.74) is 1.17. The zero-order chi connectivity index (χ0) is 14.7. The molecule has 21 heavy (non-hydrogen) atoms. The summed E-state index contributed by atoms with van der Waals surface area (Å²) in [7, 11) is 0. The van der Waals surface area contributed by atoms with Gasteiger partial charge in [-0.05, 0) is 43.7 Å². The third-order valence-electron chi connectivity index (χ3n) is 5.02. The lowest BCUT2D eigenvalue weighted by Crippen LogP contribution is -2.47. The Labute approximate surface area is 129 Å². The minimum Gasteiger partial charge on any atom is -0.353 e. The van der Waals surface area contributed by atoms with Crippen molar-refractivity contribution in [2.24, 2.45) is 5.92 Å². The Kier molecular flexibility index (Phi) is 4.79. The summed E-state index contributed by atoms with van der Waals surface area (Å²) in [6, 6.07) is 7.77. The molecule has 2 aliphatic rings. The van der Waals surface area contributed by atoms with Crippen molar-refractivity contribution in [3.05, 3.63) is 23.9 Å². The summed E-state index contributed by atoms with van der Waals surface area (Å²) in [5.74, 6) is 2.11. The molecule has 0 bridgehead atoms. The van der Waals surface area contributed by atoms with Crippen molar-refractivity contribution >= 4 is 5.82 Å². The van der Waals surface area contributed by atoms with E-state index in [1.807, 2.05) is 0 Å². The maximum absolute atomic E-state index is 4.92. The van der Waals surface area contributed by atoms with Gasteiger partial charge in [-0.15, -0.1) is 0 Å². The molecule has 0 spiro atoms. The molecule has 2 heterocycles. The number of piperidine rings is 1. The van der Waals surface area contributed by atoms with Crippen molar-refractivity contribution in [2.75, 3.05) is 11.4 Å².